The summed E-state index contributed by atoms with van der Waals surface area (Å²) in [6.45, 7) is 3.78. The maximum absolute atomic E-state index is 14.4. The van der Waals surface area contributed by atoms with Crippen LogP contribution in [0.3, 0.4) is 0 Å². The first-order chi connectivity index (χ1) is 13.4. The lowest BCUT2D eigenvalue weighted by Gasteiger charge is -2.10. The van der Waals surface area contributed by atoms with Crippen molar-refractivity contribution in [2.75, 3.05) is 0 Å². The molecule has 1 nitrogen and oxygen atoms in total. The summed E-state index contributed by atoms with van der Waals surface area (Å²) in [6, 6.07) is 17.1. The van der Waals surface area contributed by atoms with E-state index in [-0.39, 0.29) is 11.4 Å². The van der Waals surface area contributed by atoms with Crippen LogP contribution in [0.1, 0.15) is 18.1 Å². The molecule has 0 aliphatic heterocycles. The van der Waals surface area contributed by atoms with Crippen molar-refractivity contribution < 1.29 is 13.2 Å². The van der Waals surface area contributed by atoms with Crippen molar-refractivity contribution in [3.8, 4) is 0 Å². The lowest BCUT2D eigenvalue weighted by atomic mass is 10.0. The highest BCUT2D eigenvalue weighted by Crippen LogP contribution is 2.25. The fraction of sp³-hybridized carbons (Fsp3) is 0.0870. The molecule has 0 aliphatic carbocycles. The van der Waals surface area contributed by atoms with E-state index in [4.69, 9.17) is 0 Å². The second-order valence-corrected chi connectivity index (χ2v) is 7.24. The molecule has 0 aliphatic rings. The smallest absolute Gasteiger partial charge is 0.135 e. The fourth-order valence-electron chi connectivity index (χ4n) is 2.52. The molecule has 0 heterocycles. The van der Waals surface area contributed by atoms with Crippen molar-refractivity contribution >= 4 is 23.2 Å². The van der Waals surface area contributed by atoms with Crippen LogP contribution in [0.25, 0.3) is 0 Å². The van der Waals surface area contributed by atoms with Crippen LogP contribution in [0.15, 0.2) is 87.6 Å². The zero-order valence-electron chi connectivity index (χ0n) is 15.4. The van der Waals surface area contributed by atoms with Gasteiger partial charge in [-0.25, -0.2) is 18.2 Å². The molecule has 0 radical (unpaired) electrons. The Morgan fingerprint density at radius 3 is 2.14 bits per heavy atom. The van der Waals surface area contributed by atoms with E-state index in [2.05, 4.69) is 4.99 Å². The molecule has 0 saturated carbocycles. The van der Waals surface area contributed by atoms with Crippen LogP contribution < -0.4 is 0 Å². The van der Waals surface area contributed by atoms with E-state index in [9.17, 15) is 13.2 Å². The normalized spacial score (nSPS) is 12.3. The number of aliphatic imine (C=N–C) groups is 1. The Hall–Kier alpha value is -2.79. The minimum atomic E-state index is -0.676. The van der Waals surface area contributed by atoms with Crippen LogP contribution in [0, 0.1) is 24.4 Å². The van der Waals surface area contributed by atoms with Gasteiger partial charge in [-0.05, 0) is 73.4 Å². The molecule has 0 fully saturated rings. The second kappa shape index (κ2) is 8.93. The first-order valence-electron chi connectivity index (χ1n) is 8.62. The van der Waals surface area contributed by atoms with Crippen LogP contribution >= 0.6 is 11.8 Å². The average molecular weight is 397 g/mol. The SMILES string of the molecule is C/C(=C\Sc1ccc(F)cc1)C(=Nc1ccc(C)cc1)c1ccc(F)cc1F. The van der Waals surface area contributed by atoms with E-state index in [0.717, 1.165) is 16.5 Å². The fourth-order valence-corrected chi connectivity index (χ4v) is 3.23. The standard InChI is InChI=1S/C23H18F3NS/c1-15-3-8-19(9-4-15)27-23(21-12-7-18(25)13-22(21)26)16(2)14-28-20-10-5-17(24)6-11-20/h3-14H,1-2H3/b16-14+,27-23?. The van der Waals surface area contributed by atoms with E-state index in [1.165, 1.54) is 36.0 Å². The predicted molar refractivity (Wildman–Crippen MR) is 110 cm³/mol. The molecule has 3 aromatic carbocycles. The highest BCUT2D eigenvalue weighted by Gasteiger charge is 2.13. The van der Waals surface area contributed by atoms with E-state index >= 15 is 0 Å². The van der Waals surface area contributed by atoms with Crippen molar-refractivity contribution in [2.24, 2.45) is 4.99 Å². The number of hydrogen-bond donors (Lipinski definition) is 0. The Bertz CT molecular complexity index is 1020. The number of allylic oxidation sites excluding steroid dienone is 1. The summed E-state index contributed by atoms with van der Waals surface area (Å²) in [6.07, 6.45) is 0. The topological polar surface area (TPSA) is 12.4 Å². The Kier molecular flexibility index (Phi) is 6.37. The third kappa shape index (κ3) is 5.14. The minimum Gasteiger partial charge on any atom is -0.248 e. The van der Waals surface area contributed by atoms with E-state index in [0.29, 0.717) is 17.0 Å². The van der Waals surface area contributed by atoms with Crippen LogP contribution in [0.5, 0.6) is 0 Å². The quantitative estimate of drug-likeness (QED) is 0.327. The maximum Gasteiger partial charge on any atom is 0.135 e. The van der Waals surface area contributed by atoms with Gasteiger partial charge in [-0.3, -0.25) is 0 Å². The van der Waals surface area contributed by atoms with Gasteiger partial charge in [-0.2, -0.15) is 0 Å². The molecule has 0 spiro atoms. The zero-order valence-corrected chi connectivity index (χ0v) is 16.2. The molecule has 0 aromatic heterocycles. The Morgan fingerprint density at radius 2 is 1.50 bits per heavy atom. The van der Waals surface area contributed by atoms with Crippen molar-refractivity contribution in [1.29, 1.82) is 0 Å². The third-order valence-corrected chi connectivity index (χ3v) is 5.04. The number of benzene rings is 3. The number of hydrogen-bond acceptors (Lipinski definition) is 2. The van der Waals surface area contributed by atoms with Crippen LogP contribution in [0.4, 0.5) is 18.9 Å². The number of halogens is 3. The van der Waals surface area contributed by atoms with Gasteiger partial charge in [0, 0.05) is 16.5 Å². The molecule has 5 heteroatoms. The lowest BCUT2D eigenvalue weighted by molar-refractivity contribution is 0.582. The summed E-state index contributed by atoms with van der Waals surface area (Å²) in [4.78, 5) is 5.44. The Balaban J connectivity index is 2.00. The van der Waals surface area contributed by atoms with Crippen molar-refractivity contribution in [3.05, 3.63) is 106 Å². The van der Waals surface area contributed by atoms with E-state index in [1.807, 2.05) is 43.5 Å². The summed E-state index contributed by atoms with van der Waals surface area (Å²) in [5.41, 5.74) is 3.10. The molecule has 0 amide bonds. The number of thioether (sulfide) groups is 1. The van der Waals surface area contributed by atoms with E-state index in [1.54, 1.807) is 12.1 Å². The molecule has 28 heavy (non-hydrogen) atoms. The van der Waals surface area contributed by atoms with Gasteiger partial charge in [0.1, 0.15) is 17.5 Å². The van der Waals surface area contributed by atoms with Gasteiger partial charge >= 0.3 is 0 Å². The highest BCUT2D eigenvalue weighted by molar-refractivity contribution is 8.02. The number of nitrogens with zero attached hydrogens (tertiary/aromatic N) is 1. The van der Waals surface area contributed by atoms with Crippen LogP contribution in [0.2, 0.25) is 0 Å². The Morgan fingerprint density at radius 1 is 0.857 bits per heavy atom. The van der Waals surface area contributed by atoms with Gasteiger partial charge in [0.15, 0.2) is 0 Å². The van der Waals surface area contributed by atoms with Gasteiger partial charge < -0.3 is 0 Å². The van der Waals surface area contributed by atoms with Gasteiger partial charge in [0.2, 0.25) is 0 Å². The molecule has 0 N–H and O–H groups in total. The molecule has 0 bridgehead atoms. The summed E-state index contributed by atoms with van der Waals surface area (Å²) >= 11 is 1.38. The van der Waals surface area contributed by atoms with E-state index < -0.39 is 11.6 Å². The average Bonchev–Trinajstić information content (AvgIpc) is 2.67. The van der Waals surface area contributed by atoms with Crippen LogP contribution in [-0.4, -0.2) is 5.71 Å². The van der Waals surface area contributed by atoms with Gasteiger partial charge in [-0.15, -0.1) is 0 Å². The molecule has 142 valence electrons. The lowest BCUT2D eigenvalue weighted by Crippen LogP contribution is -2.06. The maximum atomic E-state index is 14.4. The van der Waals surface area contributed by atoms with Gasteiger partial charge in [-0.1, -0.05) is 29.5 Å². The van der Waals surface area contributed by atoms with Gasteiger partial charge in [0.05, 0.1) is 11.4 Å². The van der Waals surface area contributed by atoms with Crippen LogP contribution in [-0.2, 0) is 0 Å². The largest absolute Gasteiger partial charge is 0.248 e. The molecule has 0 atom stereocenters. The number of aryl methyl sites for hydroxylation is 1. The first-order valence-corrected chi connectivity index (χ1v) is 9.50. The third-order valence-electron chi connectivity index (χ3n) is 4.02. The molecule has 0 unspecified atom stereocenters. The Labute approximate surface area is 166 Å². The van der Waals surface area contributed by atoms with Crippen molar-refractivity contribution in [2.45, 2.75) is 18.7 Å². The zero-order chi connectivity index (χ0) is 20.1. The predicted octanol–water partition coefficient (Wildman–Crippen LogP) is 7.23. The summed E-state index contributed by atoms with van der Waals surface area (Å²) in [7, 11) is 0. The monoisotopic (exact) mass is 397 g/mol. The van der Waals surface area contributed by atoms with Crippen molar-refractivity contribution in [3.63, 3.8) is 0 Å². The molecular formula is C23H18F3NS. The summed E-state index contributed by atoms with van der Waals surface area (Å²) in [5, 5.41) is 1.82. The van der Waals surface area contributed by atoms with Gasteiger partial charge in [0.25, 0.3) is 0 Å². The van der Waals surface area contributed by atoms with Crippen molar-refractivity contribution in [1.82, 2.24) is 0 Å². The summed E-state index contributed by atoms with van der Waals surface area (Å²) < 4.78 is 40.9. The second-order valence-electron chi connectivity index (χ2n) is 6.29. The number of rotatable bonds is 5. The molecule has 3 rings (SSSR count). The molecule has 3 aromatic rings. The molecular weight excluding hydrogens is 379 g/mol. The highest BCUT2D eigenvalue weighted by atomic mass is 32.2. The summed E-state index contributed by atoms with van der Waals surface area (Å²) in [5.74, 6) is -1.62. The first kappa shape index (κ1) is 20.0. The minimum absolute atomic E-state index is 0.218. The molecule has 0 saturated heterocycles.